The van der Waals surface area contributed by atoms with Crippen molar-refractivity contribution in [3.05, 3.63) is 29.8 Å². The van der Waals surface area contributed by atoms with Gasteiger partial charge in [-0.25, -0.2) is 8.42 Å². The van der Waals surface area contributed by atoms with E-state index < -0.39 is 16.1 Å². The van der Waals surface area contributed by atoms with E-state index in [-0.39, 0.29) is 16.6 Å². The lowest BCUT2D eigenvalue weighted by Gasteiger charge is -2.23. The van der Waals surface area contributed by atoms with Gasteiger partial charge < -0.3 is 4.90 Å². The number of amides is 1. The zero-order valence-electron chi connectivity index (χ0n) is 14.4. The lowest BCUT2D eigenvalue weighted by atomic mass is 10.1. The minimum absolute atomic E-state index is 0.0514. The second-order valence-electron chi connectivity index (χ2n) is 5.75. The molecule has 1 heterocycles. The van der Waals surface area contributed by atoms with Crippen molar-refractivity contribution in [2.45, 2.75) is 51.0 Å². The molecule has 24 heavy (non-hydrogen) atoms. The minimum atomic E-state index is -3.58. The van der Waals surface area contributed by atoms with E-state index >= 15 is 0 Å². The Morgan fingerprint density at radius 1 is 1.21 bits per heavy atom. The molecule has 0 spiro atoms. The van der Waals surface area contributed by atoms with Crippen molar-refractivity contribution in [1.29, 1.82) is 0 Å². The molecule has 1 amide bonds. The maximum absolute atomic E-state index is 12.7. The van der Waals surface area contributed by atoms with Gasteiger partial charge in [0.05, 0.1) is 4.90 Å². The highest BCUT2D eigenvalue weighted by atomic mass is 32.2. The molecule has 0 bridgehead atoms. The Labute approximate surface area is 144 Å². The van der Waals surface area contributed by atoms with E-state index in [1.165, 1.54) is 0 Å². The Hall–Kier alpha value is -1.89. The van der Waals surface area contributed by atoms with Gasteiger partial charge >= 0.3 is 0 Å². The molecule has 6 nitrogen and oxygen atoms in total. The van der Waals surface area contributed by atoms with Crippen LogP contribution in [0.2, 0.25) is 0 Å². The molecule has 2 rings (SSSR count). The zero-order chi connectivity index (χ0) is 17.7. The summed E-state index contributed by atoms with van der Waals surface area (Å²) in [5.74, 6) is 0.219. The number of amidine groups is 1. The number of nitrogens with one attached hydrogen (secondary N) is 1. The maximum Gasteiger partial charge on any atom is 0.263 e. The molecule has 1 aliphatic heterocycles. The van der Waals surface area contributed by atoms with Gasteiger partial charge in [0.1, 0.15) is 11.9 Å². The number of sulfonamides is 1. The topological polar surface area (TPSA) is 78.8 Å². The highest BCUT2D eigenvalue weighted by molar-refractivity contribution is 7.90. The van der Waals surface area contributed by atoms with Gasteiger partial charge in [0.25, 0.3) is 10.0 Å². The molecule has 0 saturated heterocycles. The lowest BCUT2D eigenvalue weighted by Crippen LogP contribution is -2.39. The highest BCUT2D eigenvalue weighted by Gasteiger charge is 2.32. The van der Waals surface area contributed by atoms with Gasteiger partial charge in [-0.05, 0) is 32.4 Å². The molecule has 1 atom stereocenters. The summed E-state index contributed by atoms with van der Waals surface area (Å²) in [5.41, 5.74) is 0.534. The Morgan fingerprint density at radius 3 is 2.50 bits per heavy atom. The zero-order valence-corrected chi connectivity index (χ0v) is 15.3. The highest BCUT2D eigenvalue weighted by Crippen LogP contribution is 2.23. The number of rotatable bonds is 7. The second-order valence-corrected chi connectivity index (χ2v) is 7.40. The fourth-order valence-corrected chi connectivity index (χ4v) is 4.01. The molecule has 0 aliphatic carbocycles. The Balaban J connectivity index is 2.38. The summed E-state index contributed by atoms with van der Waals surface area (Å²) in [6.07, 6.45) is 2.43. The van der Waals surface area contributed by atoms with E-state index in [1.807, 2.05) is 13.8 Å². The van der Waals surface area contributed by atoms with E-state index in [0.717, 1.165) is 12.8 Å². The summed E-state index contributed by atoms with van der Waals surface area (Å²) in [5, 5.41) is 0. The SMILES string of the molecule is CCCCC(N=C1NS(=O)(=O)c2ccccc21)C(=O)N(CC)CC. The number of likely N-dealkylation sites (N-methyl/N-ethyl adjacent to an activating group) is 1. The number of aliphatic imine (C=N–C) groups is 1. The third kappa shape index (κ3) is 3.77. The first-order chi connectivity index (χ1) is 11.4. The van der Waals surface area contributed by atoms with Crippen LogP contribution in [0.15, 0.2) is 34.2 Å². The molecule has 1 unspecified atom stereocenters. The number of unbranched alkanes of at least 4 members (excludes halogenated alkanes) is 1. The second kappa shape index (κ2) is 7.79. The molecule has 1 N–H and O–H groups in total. The Morgan fingerprint density at radius 2 is 1.88 bits per heavy atom. The Kier molecular flexibility index (Phi) is 5.99. The maximum atomic E-state index is 12.7. The van der Waals surface area contributed by atoms with Gasteiger partial charge in [-0.15, -0.1) is 0 Å². The molecular formula is C17H25N3O3S. The summed E-state index contributed by atoms with van der Waals surface area (Å²) >= 11 is 0. The van der Waals surface area contributed by atoms with Crippen LogP contribution in [0.1, 0.15) is 45.6 Å². The summed E-state index contributed by atoms with van der Waals surface area (Å²) in [4.78, 5) is 19.2. The number of hydrogen-bond donors (Lipinski definition) is 1. The van der Waals surface area contributed by atoms with Gasteiger partial charge in [-0.2, -0.15) is 0 Å². The number of fused-ring (bicyclic) bond motifs is 1. The fourth-order valence-electron chi connectivity index (χ4n) is 2.77. The predicted molar refractivity (Wildman–Crippen MR) is 94.5 cm³/mol. The van der Waals surface area contributed by atoms with Crippen LogP contribution in [0.4, 0.5) is 0 Å². The van der Waals surface area contributed by atoms with E-state index in [4.69, 9.17) is 0 Å². The summed E-state index contributed by atoms with van der Waals surface area (Å²) in [6, 6.07) is 6.15. The normalized spacial score (nSPS) is 18.0. The van der Waals surface area contributed by atoms with Gasteiger partial charge in [0, 0.05) is 18.7 Å². The van der Waals surface area contributed by atoms with Crippen molar-refractivity contribution < 1.29 is 13.2 Å². The van der Waals surface area contributed by atoms with Crippen molar-refractivity contribution in [2.24, 2.45) is 4.99 Å². The largest absolute Gasteiger partial charge is 0.341 e. The monoisotopic (exact) mass is 351 g/mol. The van der Waals surface area contributed by atoms with Crippen LogP contribution in [-0.4, -0.2) is 44.2 Å². The molecular weight excluding hydrogens is 326 g/mol. The average molecular weight is 351 g/mol. The van der Waals surface area contributed by atoms with Crippen LogP contribution in [-0.2, 0) is 14.8 Å². The summed E-state index contributed by atoms with van der Waals surface area (Å²) in [6.45, 7) is 7.15. The standard InChI is InChI=1S/C17H25N3O3S/c1-4-7-11-14(17(21)20(5-2)6-3)18-16-13-10-8-9-12-15(13)24(22,23)19-16/h8-10,12,14H,4-7,11H2,1-3H3,(H,18,19). The van der Waals surface area contributed by atoms with Crippen LogP contribution in [0.5, 0.6) is 0 Å². The van der Waals surface area contributed by atoms with Crippen LogP contribution >= 0.6 is 0 Å². The third-order valence-corrected chi connectivity index (χ3v) is 5.54. The van der Waals surface area contributed by atoms with Crippen LogP contribution < -0.4 is 4.72 Å². The molecule has 7 heteroatoms. The van der Waals surface area contributed by atoms with Gasteiger partial charge in [0.2, 0.25) is 5.91 Å². The number of carbonyl (C=O) groups is 1. The van der Waals surface area contributed by atoms with Crippen molar-refractivity contribution >= 4 is 21.8 Å². The van der Waals surface area contributed by atoms with E-state index in [0.29, 0.717) is 25.1 Å². The van der Waals surface area contributed by atoms with Gasteiger partial charge in [0.15, 0.2) is 0 Å². The van der Waals surface area contributed by atoms with Gasteiger partial charge in [-0.3, -0.25) is 14.5 Å². The van der Waals surface area contributed by atoms with Gasteiger partial charge in [-0.1, -0.05) is 31.9 Å². The first kappa shape index (κ1) is 18.4. The van der Waals surface area contributed by atoms with Crippen LogP contribution in [0.3, 0.4) is 0 Å². The minimum Gasteiger partial charge on any atom is -0.341 e. The average Bonchev–Trinajstić information content (AvgIpc) is 2.83. The summed E-state index contributed by atoms with van der Waals surface area (Å²) < 4.78 is 26.9. The smallest absolute Gasteiger partial charge is 0.263 e. The molecule has 1 aromatic carbocycles. The van der Waals surface area contributed by atoms with Crippen LogP contribution in [0.25, 0.3) is 0 Å². The van der Waals surface area contributed by atoms with E-state index in [1.54, 1.807) is 29.2 Å². The predicted octanol–water partition coefficient (Wildman–Crippen LogP) is 2.15. The van der Waals surface area contributed by atoms with Crippen molar-refractivity contribution in [1.82, 2.24) is 9.62 Å². The molecule has 0 saturated carbocycles. The number of hydrogen-bond acceptors (Lipinski definition) is 4. The molecule has 0 fully saturated rings. The third-order valence-electron chi connectivity index (χ3n) is 4.14. The van der Waals surface area contributed by atoms with Crippen molar-refractivity contribution in [3.8, 4) is 0 Å². The first-order valence-electron chi connectivity index (χ1n) is 8.43. The molecule has 0 radical (unpaired) electrons. The Bertz CT molecular complexity index is 724. The van der Waals surface area contributed by atoms with Crippen molar-refractivity contribution in [3.63, 3.8) is 0 Å². The quantitative estimate of drug-likeness (QED) is 0.817. The van der Waals surface area contributed by atoms with E-state index in [2.05, 4.69) is 16.6 Å². The number of carbonyl (C=O) groups excluding carboxylic acids is 1. The first-order valence-corrected chi connectivity index (χ1v) is 9.91. The number of nitrogens with zero attached hydrogens (tertiary/aromatic N) is 2. The lowest BCUT2D eigenvalue weighted by molar-refractivity contribution is -0.132. The molecule has 0 aromatic heterocycles. The summed E-state index contributed by atoms with van der Waals surface area (Å²) in [7, 11) is -3.58. The molecule has 132 valence electrons. The number of benzene rings is 1. The molecule has 1 aromatic rings. The van der Waals surface area contributed by atoms with E-state index in [9.17, 15) is 13.2 Å². The van der Waals surface area contributed by atoms with Crippen LogP contribution in [0, 0.1) is 0 Å². The fraction of sp³-hybridized carbons (Fsp3) is 0.529. The molecule has 1 aliphatic rings. The van der Waals surface area contributed by atoms with Crippen molar-refractivity contribution in [2.75, 3.05) is 13.1 Å².